The molecule has 162 valence electrons. The number of aromatic hydroxyl groups is 1. The topological polar surface area (TPSA) is 52.5 Å². The molecule has 1 fully saturated rings. The summed E-state index contributed by atoms with van der Waals surface area (Å²) in [7, 11) is 0. The highest BCUT2D eigenvalue weighted by atomic mass is 19.1. The quantitative estimate of drug-likeness (QED) is 0.507. The lowest BCUT2D eigenvalue weighted by Crippen LogP contribution is -2.46. The van der Waals surface area contributed by atoms with E-state index in [1.807, 2.05) is 25.1 Å². The van der Waals surface area contributed by atoms with Crippen molar-refractivity contribution in [2.75, 3.05) is 31.1 Å². The fourth-order valence-corrected chi connectivity index (χ4v) is 4.26. The predicted molar refractivity (Wildman–Crippen MR) is 125 cm³/mol. The smallest absolute Gasteiger partial charge is 0.165 e. The van der Waals surface area contributed by atoms with Crippen molar-refractivity contribution in [3.8, 4) is 17.1 Å². The summed E-state index contributed by atoms with van der Waals surface area (Å²) in [5.74, 6) is 1.39. The maximum atomic E-state index is 13.5. The number of piperazine rings is 1. The first kappa shape index (κ1) is 20.4. The Morgan fingerprint density at radius 2 is 1.72 bits per heavy atom. The molecule has 1 aromatic heterocycles. The van der Waals surface area contributed by atoms with Crippen LogP contribution in [0, 0.1) is 12.7 Å². The molecule has 1 N–H and O–H groups in total. The number of hydrogen-bond donors (Lipinski definition) is 1. The molecule has 5 nitrogen and oxygen atoms in total. The number of para-hydroxylation sites is 1. The van der Waals surface area contributed by atoms with Crippen molar-refractivity contribution >= 4 is 16.7 Å². The van der Waals surface area contributed by atoms with Crippen molar-refractivity contribution in [3.63, 3.8) is 0 Å². The van der Waals surface area contributed by atoms with E-state index in [4.69, 9.17) is 9.97 Å². The first-order chi connectivity index (χ1) is 15.6. The van der Waals surface area contributed by atoms with Crippen LogP contribution in [0.2, 0.25) is 0 Å². The summed E-state index contributed by atoms with van der Waals surface area (Å²) in [5, 5.41) is 11.4. The largest absolute Gasteiger partial charge is 0.507 e. The molecular weight excluding hydrogens is 403 g/mol. The number of aryl methyl sites for hydroxylation is 1. The SMILES string of the molecule is Cc1ccc2c(N3CCN(Cc4cccc(F)c4)CC3)nc(-c3ccccc3O)nc2c1. The normalized spacial score (nSPS) is 14.8. The summed E-state index contributed by atoms with van der Waals surface area (Å²) in [6.45, 7) is 6.13. The Hall–Kier alpha value is -3.51. The predicted octanol–water partition coefficient (Wildman–Crippen LogP) is 4.77. The Balaban J connectivity index is 1.44. The van der Waals surface area contributed by atoms with Crippen molar-refractivity contribution in [2.45, 2.75) is 13.5 Å². The van der Waals surface area contributed by atoms with E-state index in [2.05, 4.69) is 28.0 Å². The zero-order valence-corrected chi connectivity index (χ0v) is 18.0. The number of anilines is 1. The summed E-state index contributed by atoms with van der Waals surface area (Å²) in [5.41, 5.74) is 3.62. The van der Waals surface area contributed by atoms with Crippen molar-refractivity contribution in [1.82, 2.24) is 14.9 Å². The second-order valence-electron chi connectivity index (χ2n) is 8.30. The third-order valence-electron chi connectivity index (χ3n) is 5.94. The maximum Gasteiger partial charge on any atom is 0.165 e. The number of aromatic nitrogens is 2. The molecule has 1 aliphatic heterocycles. The van der Waals surface area contributed by atoms with Crippen LogP contribution in [-0.4, -0.2) is 46.2 Å². The van der Waals surface area contributed by atoms with E-state index >= 15 is 0 Å². The van der Waals surface area contributed by atoms with E-state index in [1.165, 1.54) is 6.07 Å². The van der Waals surface area contributed by atoms with Crippen molar-refractivity contribution in [1.29, 1.82) is 0 Å². The third kappa shape index (κ3) is 4.14. The molecule has 0 radical (unpaired) electrons. The van der Waals surface area contributed by atoms with Gasteiger partial charge in [0, 0.05) is 38.1 Å². The molecule has 0 amide bonds. The summed E-state index contributed by atoms with van der Waals surface area (Å²) < 4.78 is 13.5. The summed E-state index contributed by atoms with van der Waals surface area (Å²) in [4.78, 5) is 14.3. The highest BCUT2D eigenvalue weighted by molar-refractivity contribution is 5.92. The Morgan fingerprint density at radius 1 is 0.906 bits per heavy atom. The minimum atomic E-state index is -0.194. The van der Waals surface area contributed by atoms with Gasteiger partial charge in [-0.05, 0) is 54.4 Å². The second-order valence-corrected chi connectivity index (χ2v) is 8.30. The van der Waals surface area contributed by atoms with Crippen LogP contribution >= 0.6 is 0 Å². The van der Waals surface area contributed by atoms with E-state index in [-0.39, 0.29) is 11.6 Å². The molecule has 32 heavy (non-hydrogen) atoms. The second kappa shape index (κ2) is 8.55. The number of benzene rings is 3. The average Bonchev–Trinajstić information content (AvgIpc) is 2.79. The molecule has 0 unspecified atom stereocenters. The van der Waals surface area contributed by atoms with E-state index < -0.39 is 0 Å². The van der Waals surface area contributed by atoms with E-state index in [0.717, 1.165) is 60.6 Å². The van der Waals surface area contributed by atoms with Gasteiger partial charge in [-0.15, -0.1) is 0 Å². The summed E-state index contributed by atoms with van der Waals surface area (Å²) >= 11 is 0. The van der Waals surface area contributed by atoms with Gasteiger partial charge >= 0.3 is 0 Å². The van der Waals surface area contributed by atoms with Crippen LogP contribution in [0.1, 0.15) is 11.1 Å². The molecule has 4 aromatic rings. The van der Waals surface area contributed by atoms with Crippen LogP contribution in [-0.2, 0) is 6.54 Å². The van der Waals surface area contributed by atoms with Gasteiger partial charge in [-0.3, -0.25) is 4.90 Å². The Kier molecular flexibility index (Phi) is 5.45. The minimum absolute atomic E-state index is 0.172. The summed E-state index contributed by atoms with van der Waals surface area (Å²) in [6, 6.07) is 20.2. The zero-order chi connectivity index (χ0) is 22.1. The highest BCUT2D eigenvalue weighted by Crippen LogP contribution is 2.32. The van der Waals surface area contributed by atoms with Crippen molar-refractivity contribution in [3.05, 3.63) is 83.7 Å². The third-order valence-corrected chi connectivity index (χ3v) is 5.94. The van der Waals surface area contributed by atoms with Gasteiger partial charge in [0.2, 0.25) is 0 Å². The van der Waals surface area contributed by atoms with Crippen molar-refractivity contribution in [2.24, 2.45) is 0 Å². The first-order valence-electron chi connectivity index (χ1n) is 10.9. The maximum absolute atomic E-state index is 13.5. The van der Waals surface area contributed by atoms with Crippen molar-refractivity contribution < 1.29 is 9.50 Å². The minimum Gasteiger partial charge on any atom is -0.507 e. The van der Waals surface area contributed by atoms with E-state index in [9.17, 15) is 9.50 Å². The standard InChI is InChI=1S/C26H25FN4O/c1-18-9-10-21-23(15-18)28-25(22-7-2-3-8-24(22)32)29-26(21)31-13-11-30(12-14-31)17-19-5-4-6-20(27)16-19/h2-10,15-16,32H,11-14,17H2,1H3. The lowest BCUT2D eigenvalue weighted by atomic mass is 10.1. The molecule has 0 spiro atoms. The average molecular weight is 429 g/mol. The van der Waals surface area contributed by atoms with Crippen LogP contribution in [0.5, 0.6) is 5.75 Å². The number of halogens is 1. The van der Waals surface area contributed by atoms with Crippen LogP contribution in [0.3, 0.4) is 0 Å². The van der Waals surface area contributed by atoms with Crippen LogP contribution in [0.4, 0.5) is 10.2 Å². The molecule has 0 saturated carbocycles. The lowest BCUT2D eigenvalue weighted by molar-refractivity contribution is 0.249. The van der Waals surface area contributed by atoms with Gasteiger partial charge in [-0.2, -0.15) is 0 Å². The summed E-state index contributed by atoms with van der Waals surface area (Å²) in [6.07, 6.45) is 0. The van der Waals surface area contributed by atoms with Gasteiger partial charge in [-0.1, -0.05) is 30.3 Å². The first-order valence-corrected chi connectivity index (χ1v) is 10.9. The fraction of sp³-hybridized carbons (Fsp3) is 0.231. The number of fused-ring (bicyclic) bond motifs is 1. The molecule has 0 bridgehead atoms. The van der Waals surface area contributed by atoms with Gasteiger partial charge in [0.25, 0.3) is 0 Å². The van der Waals surface area contributed by atoms with Crippen LogP contribution < -0.4 is 4.90 Å². The molecular formula is C26H25FN4O. The molecule has 2 heterocycles. The Morgan fingerprint density at radius 3 is 2.50 bits per heavy atom. The number of nitrogens with zero attached hydrogens (tertiary/aromatic N) is 4. The highest BCUT2D eigenvalue weighted by Gasteiger charge is 2.22. The zero-order valence-electron chi connectivity index (χ0n) is 18.0. The van der Waals surface area contributed by atoms with Gasteiger partial charge in [0.1, 0.15) is 17.4 Å². The molecule has 5 rings (SSSR count). The van der Waals surface area contributed by atoms with E-state index in [1.54, 1.807) is 24.3 Å². The molecule has 0 atom stereocenters. The molecule has 6 heteroatoms. The van der Waals surface area contributed by atoms with Crippen LogP contribution in [0.25, 0.3) is 22.3 Å². The molecule has 1 saturated heterocycles. The fourth-order valence-electron chi connectivity index (χ4n) is 4.26. The van der Waals surface area contributed by atoms with Gasteiger partial charge in [0.15, 0.2) is 5.82 Å². The molecule has 1 aliphatic rings. The Labute approximate surface area is 186 Å². The number of phenolic OH excluding ortho intramolecular Hbond substituents is 1. The van der Waals surface area contributed by atoms with Gasteiger partial charge in [0.05, 0.1) is 11.1 Å². The number of phenols is 1. The van der Waals surface area contributed by atoms with Crippen LogP contribution in [0.15, 0.2) is 66.7 Å². The molecule has 3 aromatic carbocycles. The van der Waals surface area contributed by atoms with E-state index in [0.29, 0.717) is 11.4 Å². The Bertz CT molecular complexity index is 1270. The number of rotatable bonds is 4. The lowest BCUT2D eigenvalue weighted by Gasteiger charge is -2.36. The van der Waals surface area contributed by atoms with Gasteiger partial charge in [-0.25, -0.2) is 14.4 Å². The van der Waals surface area contributed by atoms with Gasteiger partial charge < -0.3 is 10.0 Å². The number of hydrogen-bond acceptors (Lipinski definition) is 5. The monoisotopic (exact) mass is 428 g/mol. The molecule has 0 aliphatic carbocycles.